The molecular weight excluding hydrogens is 170 g/mol. The van der Waals surface area contributed by atoms with Gasteiger partial charge in [0, 0.05) is 11.6 Å². The predicted octanol–water partition coefficient (Wildman–Crippen LogP) is 1.55. The van der Waals surface area contributed by atoms with E-state index in [0.717, 1.165) is 11.1 Å². The van der Waals surface area contributed by atoms with Gasteiger partial charge in [0.1, 0.15) is 0 Å². The molecule has 0 heterocycles. The first-order valence-corrected chi connectivity index (χ1v) is 4.10. The summed E-state index contributed by atoms with van der Waals surface area (Å²) < 4.78 is 4.81. The lowest BCUT2D eigenvalue weighted by Gasteiger charge is -2.33. The lowest BCUT2D eigenvalue weighted by molar-refractivity contribution is -0.246. The molecule has 0 saturated heterocycles. The third-order valence-electron chi connectivity index (χ3n) is 1.49. The zero-order valence-corrected chi connectivity index (χ0v) is 8.57. The zero-order chi connectivity index (χ0) is 10.6. The summed E-state index contributed by atoms with van der Waals surface area (Å²) in [5.74, 6) is -0.546. The third kappa shape index (κ3) is 4.05. The van der Waals surface area contributed by atoms with Crippen LogP contribution in [0.2, 0.25) is 0 Å². The molecule has 0 aliphatic heterocycles. The number of esters is 1. The van der Waals surface area contributed by atoms with Gasteiger partial charge < -0.3 is 9.94 Å². The lowest BCUT2D eigenvalue weighted by Crippen LogP contribution is -2.46. The summed E-state index contributed by atoms with van der Waals surface area (Å²) in [6, 6.07) is 0. The fourth-order valence-corrected chi connectivity index (χ4v) is 0.812. The van der Waals surface area contributed by atoms with Crippen molar-refractivity contribution >= 4 is 5.97 Å². The van der Waals surface area contributed by atoms with Gasteiger partial charge in [0.2, 0.25) is 0 Å². The lowest BCUT2D eigenvalue weighted by atomic mass is 10.1. The molecule has 0 amide bonds. The van der Waals surface area contributed by atoms with E-state index < -0.39 is 17.7 Å². The minimum absolute atomic E-state index is 0.457. The Labute approximate surface area is 78.8 Å². The Bertz CT molecular complexity index is 196. The van der Waals surface area contributed by atoms with Crippen molar-refractivity contribution in [2.45, 2.75) is 39.5 Å². The first-order valence-electron chi connectivity index (χ1n) is 4.10. The summed E-state index contributed by atoms with van der Waals surface area (Å²) in [4.78, 5) is 10.8. The standard InChI is InChI=1S/C9H17NO3/c1-6-8(11)13-7(2)10(12)9(3,4)5/h6-7,12H,1H2,2-5H3. The van der Waals surface area contributed by atoms with E-state index in [1.807, 2.05) is 20.8 Å². The molecule has 4 heteroatoms. The van der Waals surface area contributed by atoms with Crippen molar-refractivity contribution < 1.29 is 14.7 Å². The van der Waals surface area contributed by atoms with Crippen molar-refractivity contribution in [3.63, 3.8) is 0 Å². The van der Waals surface area contributed by atoms with Crippen molar-refractivity contribution in [1.29, 1.82) is 0 Å². The van der Waals surface area contributed by atoms with Crippen LogP contribution in [0.1, 0.15) is 27.7 Å². The predicted molar refractivity (Wildman–Crippen MR) is 49.1 cm³/mol. The Morgan fingerprint density at radius 1 is 1.62 bits per heavy atom. The molecule has 0 bridgehead atoms. The van der Waals surface area contributed by atoms with Crippen LogP contribution >= 0.6 is 0 Å². The van der Waals surface area contributed by atoms with Gasteiger partial charge in [0.25, 0.3) is 0 Å². The van der Waals surface area contributed by atoms with Gasteiger partial charge in [-0.3, -0.25) is 0 Å². The number of hydrogen-bond donors (Lipinski definition) is 1. The molecule has 1 N–H and O–H groups in total. The minimum Gasteiger partial charge on any atom is -0.441 e. The normalized spacial score (nSPS) is 14.0. The van der Waals surface area contributed by atoms with Crippen LogP contribution in [0.15, 0.2) is 12.7 Å². The average Bonchev–Trinajstić information content (AvgIpc) is 2.01. The summed E-state index contributed by atoms with van der Waals surface area (Å²) >= 11 is 0. The topological polar surface area (TPSA) is 49.8 Å². The highest BCUT2D eigenvalue weighted by Gasteiger charge is 2.26. The van der Waals surface area contributed by atoms with E-state index in [4.69, 9.17) is 4.74 Å². The summed E-state index contributed by atoms with van der Waals surface area (Å²) in [6.45, 7) is 10.3. The van der Waals surface area contributed by atoms with Crippen molar-refractivity contribution in [2.24, 2.45) is 0 Å². The van der Waals surface area contributed by atoms with Gasteiger partial charge in [0.15, 0.2) is 6.23 Å². The molecular formula is C9H17NO3. The van der Waals surface area contributed by atoms with E-state index in [9.17, 15) is 10.0 Å². The summed E-state index contributed by atoms with van der Waals surface area (Å²) in [5.41, 5.74) is -0.457. The van der Waals surface area contributed by atoms with E-state index in [-0.39, 0.29) is 0 Å². The summed E-state index contributed by atoms with van der Waals surface area (Å²) in [5, 5.41) is 10.5. The molecule has 1 atom stereocenters. The van der Waals surface area contributed by atoms with E-state index in [1.165, 1.54) is 0 Å². The minimum atomic E-state index is -0.675. The highest BCUT2D eigenvalue weighted by molar-refractivity contribution is 5.81. The second-order valence-electron chi connectivity index (χ2n) is 3.76. The van der Waals surface area contributed by atoms with Gasteiger partial charge in [-0.25, -0.2) is 4.79 Å². The Balaban J connectivity index is 4.19. The van der Waals surface area contributed by atoms with E-state index in [2.05, 4.69) is 6.58 Å². The second kappa shape index (κ2) is 4.39. The molecule has 0 aliphatic rings. The quantitative estimate of drug-likeness (QED) is 0.315. The van der Waals surface area contributed by atoms with Crippen molar-refractivity contribution in [1.82, 2.24) is 5.06 Å². The molecule has 4 nitrogen and oxygen atoms in total. The van der Waals surface area contributed by atoms with Crippen LogP contribution in [0.3, 0.4) is 0 Å². The molecule has 0 aliphatic carbocycles. The second-order valence-corrected chi connectivity index (χ2v) is 3.76. The molecule has 0 radical (unpaired) electrons. The molecule has 0 aromatic heterocycles. The van der Waals surface area contributed by atoms with Crippen LogP contribution in [0.5, 0.6) is 0 Å². The van der Waals surface area contributed by atoms with Crippen LogP contribution < -0.4 is 0 Å². The van der Waals surface area contributed by atoms with Gasteiger partial charge in [-0.15, -0.1) is 5.06 Å². The zero-order valence-electron chi connectivity index (χ0n) is 8.57. The first-order chi connectivity index (χ1) is 5.79. The van der Waals surface area contributed by atoms with Crippen LogP contribution in [0.25, 0.3) is 0 Å². The number of hydroxylamine groups is 2. The molecule has 0 aromatic rings. The van der Waals surface area contributed by atoms with Gasteiger partial charge in [0.05, 0.1) is 0 Å². The number of carbonyl (C=O) groups is 1. The van der Waals surface area contributed by atoms with E-state index >= 15 is 0 Å². The fraction of sp³-hybridized carbons (Fsp3) is 0.667. The van der Waals surface area contributed by atoms with Crippen LogP contribution in [0, 0.1) is 0 Å². The van der Waals surface area contributed by atoms with Gasteiger partial charge >= 0.3 is 5.97 Å². The van der Waals surface area contributed by atoms with Gasteiger partial charge in [-0.1, -0.05) is 6.58 Å². The molecule has 1 unspecified atom stereocenters. The van der Waals surface area contributed by atoms with Gasteiger partial charge in [-0.2, -0.15) is 0 Å². The van der Waals surface area contributed by atoms with Crippen molar-refractivity contribution in [3.05, 3.63) is 12.7 Å². The summed E-state index contributed by atoms with van der Waals surface area (Å²) in [7, 11) is 0. The molecule has 0 fully saturated rings. The molecule has 0 saturated carbocycles. The summed E-state index contributed by atoms with van der Waals surface area (Å²) in [6.07, 6.45) is 0.387. The Morgan fingerprint density at radius 2 is 2.08 bits per heavy atom. The van der Waals surface area contributed by atoms with Gasteiger partial charge in [-0.05, 0) is 27.7 Å². The van der Waals surface area contributed by atoms with E-state index in [0.29, 0.717) is 0 Å². The highest BCUT2D eigenvalue weighted by Crippen LogP contribution is 2.14. The maximum Gasteiger partial charge on any atom is 0.331 e. The molecule has 0 spiro atoms. The maximum atomic E-state index is 10.8. The van der Waals surface area contributed by atoms with E-state index in [1.54, 1.807) is 6.92 Å². The molecule has 13 heavy (non-hydrogen) atoms. The number of hydrogen-bond acceptors (Lipinski definition) is 4. The monoisotopic (exact) mass is 187 g/mol. The highest BCUT2D eigenvalue weighted by atomic mass is 16.6. The van der Waals surface area contributed by atoms with Crippen molar-refractivity contribution in [2.75, 3.05) is 0 Å². The number of ether oxygens (including phenoxy) is 1. The van der Waals surface area contributed by atoms with Crippen LogP contribution in [0.4, 0.5) is 0 Å². The average molecular weight is 187 g/mol. The maximum absolute atomic E-state index is 10.8. The first kappa shape index (κ1) is 12.1. The van der Waals surface area contributed by atoms with Crippen LogP contribution in [-0.2, 0) is 9.53 Å². The number of rotatable bonds is 3. The SMILES string of the molecule is C=CC(=O)OC(C)N(O)C(C)(C)C. The van der Waals surface area contributed by atoms with Crippen LogP contribution in [-0.4, -0.2) is 28.0 Å². The largest absolute Gasteiger partial charge is 0.441 e. The number of nitrogens with zero attached hydrogens (tertiary/aromatic N) is 1. The number of carbonyl (C=O) groups excluding carboxylic acids is 1. The molecule has 76 valence electrons. The smallest absolute Gasteiger partial charge is 0.331 e. The Kier molecular flexibility index (Phi) is 4.10. The van der Waals surface area contributed by atoms with Crippen molar-refractivity contribution in [3.8, 4) is 0 Å². The molecule has 0 rings (SSSR count). The fourth-order valence-electron chi connectivity index (χ4n) is 0.812. The Morgan fingerprint density at radius 3 is 2.38 bits per heavy atom. The molecule has 0 aromatic carbocycles. The third-order valence-corrected chi connectivity index (χ3v) is 1.49. The Hall–Kier alpha value is -0.870.